The monoisotopic (exact) mass is 261 g/mol. The van der Waals surface area contributed by atoms with Crippen LogP contribution in [0, 0.1) is 12.7 Å². The number of benzene rings is 1. The van der Waals surface area contributed by atoms with Gasteiger partial charge in [0.2, 0.25) is 0 Å². The number of aromatic nitrogens is 1. The summed E-state index contributed by atoms with van der Waals surface area (Å²) in [7, 11) is 0. The van der Waals surface area contributed by atoms with Crippen molar-refractivity contribution in [1.29, 1.82) is 0 Å². The maximum atomic E-state index is 12.8. The van der Waals surface area contributed by atoms with E-state index in [4.69, 9.17) is 5.11 Å². The van der Waals surface area contributed by atoms with E-state index in [1.54, 1.807) is 25.1 Å². The molecule has 0 saturated heterocycles. The second-order valence-electron chi connectivity index (χ2n) is 4.21. The molecular formula is C14H12FNO3. The molecule has 2 aromatic rings. The van der Waals surface area contributed by atoms with Crippen molar-refractivity contribution in [2.75, 3.05) is 0 Å². The SMILES string of the molecule is Cc1ccc(C(=O)O)c(=O)n1Cc1ccc(F)cc1. The van der Waals surface area contributed by atoms with Gasteiger partial charge in [0, 0.05) is 5.69 Å². The molecule has 0 unspecified atom stereocenters. The maximum Gasteiger partial charge on any atom is 0.341 e. The van der Waals surface area contributed by atoms with E-state index in [2.05, 4.69) is 0 Å². The van der Waals surface area contributed by atoms with Crippen molar-refractivity contribution in [3.8, 4) is 0 Å². The van der Waals surface area contributed by atoms with Crippen LogP contribution in [0.1, 0.15) is 21.6 Å². The van der Waals surface area contributed by atoms with Gasteiger partial charge in [-0.2, -0.15) is 0 Å². The first-order chi connectivity index (χ1) is 8.99. The Balaban J connectivity index is 2.45. The van der Waals surface area contributed by atoms with Crippen molar-refractivity contribution in [3.05, 3.63) is 69.4 Å². The molecule has 98 valence electrons. The third-order valence-corrected chi connectivity index (χ3v) is 2.88. The zero-order chi connectivity index (χ0) is 14.0. The minimum absolute atomic E-state index is 0.214. The Morgan fingerprint density at radius 1 is 1.21 bits per heavy atom. The summed E-state index contributed by atoms with van der Waals surface area (Å²) < 4.78 is 14.2. The van der Waals surface area contributed by atoms with E-state index in [0.717, 1.165) is 5.56 Å². The van der Waals surface area contributed by atoms with Crippen LogP contribution in [0.3, 0.4) is 0 Å². The first-order valence-corrected chi connectivity index (χ1v) is 5.67. The highest BCUT2D eigenvalue weighted by Gasteiger charge is 2.12. The van der Waals surface area contributed by atoms with Gasteiger partial charge in [0.05, 0.1) is 6.54 Å². The normalized spacial score (nSPS) is 10.4. The molecule has 0 aliphatic rings. The molecule has 1 N–H and O–H groups in total. The van der Waals surface area contributed by atoms with Crippen LogP contribution in [0.5, 0.6) is 0 Å². The Morgan fingerprint density at radius 3 is 2.42 bits per heavy atom. The number of hydrogen-bond donors (Lipinski definition) is 1. The van der Waals surface area contributed by atoms with E-state index < -0.39 is 11.5 Å². The van der Waals surface area contributed by atoms with Crippen molar-refractivity contribution in [2.45, 2.75) is 13.5 Å². The quantitative estimate of drug-likeness (QED) is 0.919. The Bertz CT molecular complexity index is 674. The second-order valence-corrected chi connectivity index (χ2v) is 4.21. The molecule has 0 amide bonds. The third kappa shape index (κ3) is 2.70. The van der Waals surface area contributed by atoms with Crippen LogP contribution >= 0.6 is 0 Å². The van der Waals surface area contributed by atoms with Crippen molar-refractivity contribution in [3.63, 3.8) is 0 Å². The predicted octanol–water partition coefficient (Wildman–Crippen LogP) is 2.04. The maximum absolute atomic E-state index is 12.8. The molecule has 1 aromatic heterocycles. The molecule has 0 aliphatic carbocycles. The number of halogens is 1. The summed E-state index contributed by atoms with van der Waals surface area (Å²) in [5, 5.41) is 8.92. The highest BCUT2D eigenvalue weighted by atomic mass is 19.1. The minimum atomic E-state index is -1.25. The first kappa shape index (κ1) is 13.0. The van der Waals surface area contributed by atoms with Crippen molar-refractivity contribution in [2.24, 2.45) is 0 Å². The second kappa shape index (κ2) is 5.06. The lowest BCUT2D eigenvalue weighted by molar-refractivity contribution is 0.0694. The fourth-order valence-corrected chi connectivity index (χ4v) is 1.80. The van der Waals surface area contributed by atoms with Crippen LogP contribution in [0.25, 0.3) is 0 Å². The molecule has 4 nitrogen and oxygen atoms in total. The molecule has 0 aliphatic heterocycles. The number of aryl methyl sites for hydroxylation is 1. The Morgan fingerprint density at radius 2 is 1.84 bits per heavy atom. The lowest BCUT2D eigenvalue weighted by Crippen LogP contribution is -2.28. The van der Waals surface area contributed by atoms with Crippen LogP contribution in [0.2, 0.25) is 0 Å². The molecule has 19 heavy (non-hydrogen) atoms. The molecule has 0 bridgehead atoms. The molecule has 0 atom stereocenters. The van der Waals surface area contributed by atoms with Crippen molar-refractivity contribution in [1.82, 2.24) is 4.57 Å². The summed E-state index contributed by atoms with van der Waals surface area (Å²) >= 11 is 0. The molecule has 2 rings (SSSR count). The van der Waals surface area contributed by atoms with Crippen molar-refractivity contribution >= 4 is 5.97 Å². The number of rotatable bonds is 3. The first-order valence-electron chi connectivity index (χ1n) is 5.67. The standard InChI is InChI=1S/C14H12FNO3/c1-9-2-7-12(14(18)19)13(17)16(9)8-10-3-5-11(15)6-4-10/h2-7H,8H2,1H3,(H,18,19). The fraction of sp³-hybridized carbons (Fsp3) is 0.143. The largest absolute Gasteiger partial charge is 0.477 e. The van der Waals surface area contributed by atoms with Gasteiger partial charge in [-0.25, -0.2) is 9.18 Å². The molecular weight excluding hydrogens is 249 g/mol. The number of aromatic carboxylic acids is 1. The van der Waals surface area contributed by atoms with Gasteiger partial charge < -0.3 is 9.67 Å². The molecule has 0 fully saturated rings. The van der Waals surface area contributed by atoms with E-state index in [0.29, 0.717) is 5.69 Å². The summed E-state index contributed by atoms with van der Waals surface area (Å²) in [4.78, 5) is 22.9. The highest BCUT2D eigenvalue weighted by Crippen LogP contribution is 2.06. The van der Waals surface area contributed by atoms with Crippen LogP contribution in [-0.2, 0) is 6.54 Å². The lowest BCUT2D eigenvalue weighted by Gasteiger charge is -2.10. The van der Waals surface area contributed by atoms with Crippen LogP contribution in [-0.4, -0.2) is 15.6 Å². The lowest BCUT2D eigenvalue weighted by atomic mass is 10.2. The van der Waals surface area contributed by atoms with Crippen LogP contribution in [0.4, 0.5) is 4.39 Å². The number of carboxylic acid groups (broad SMARTS) is 1. The fourth-order valence-electron chi connectivity index (χ4n) is 1.80. The van der Waals surface area contributed by atoms with Gasteiger partial charge >= 0.3 is 5.97 Å². The van der Waals surface area contributed by atoms with E-state index >= 15 is 0 Å². The zero-order valence-electron chi connectivity index (χ0n) is 10.3. The summed E-state index contributed by atoms with van der Waals surface area (Å²) in [5.41, 5.74) is 0.554. The van der Waals surface area contributed by atoms with Gasteiger partial charge in [-0.1, -0.05) is 12.1 Å². The average molecular weight is 261 g/mol. The third-order valence-electron chi connectivity index (χ3n) is 2.88. The summed E-state index contributed by atoms with van der Waals surface area (Å²) in [5.74, 6) is -1.61. The molecule has 0 spiro atoms. The topological polar surface area (TPSA) is 59.3 Å². The molecule has 0 radical (unpaired) electrons. The van der Waals surface area contributed by atoms with Crippen LogP contribution in [0.15, 0.2) is 41.2 Å². The van der Waals surface area contributed by atoms with Gasteiger partial charge in [-0.05, 0) is 36.8 Å². The van der Waals surface area contributed by atoms with Gasteiger partial charge in [-0.15, -0.1) is 0 Å². The summed E-state index contributed by atoms with van der Waals surface area (Å²) in [6.45, 7) is 1.93. The highest BCUT2D eigenvalue weighted by molar-refractivity contribution is 5.87. The van der Waals surface area contributed by atoms with Gasteiger partial charge in [0.15, 0.2) is 0 Å². The predicted molar refractivity (Wildman–Crippen MR) is 67.9 cm³/mol. The number of nitrogens with zero attached hydrogens (tertiary/aromatic N) is 1. The van der Waals surface area contributed by atoms with Crippen LogP contribution < -0.4 is 5.56 Å². The van der Waals surface area contributed by atoms with Crippen molar-refractivity contribution < 1.29 is 14.3 Å². The Labute approximate surface area is 108 Å². The number of carboxylic acids is 1. The van der Waals surface area contributed by atoms with E-state index in [9.17, 15) is 14.0 Å². The minimum Gasteiger partial charge on any atom is -0.477 e. The number of pyridine rings is 1. The molecule has 1 aromatic carbocycles. The molecule has 0 saturated carbocycles. The molecule has 5 heteroatoms. The van der Waals surface area contributed by atoms with Gasteiger partial charge in [-0.3, -0.25) is 4.79 Å². The average Bonchev–Trinajstić information content (AvgIpc) is 2.36. The Hall–Kier alpha value is -2.43. The number of hydrogen-bond acceptors (Lipinski definition) is 2. The molecule has 1 heterocycles. The Kier molecular flexibility index (Phi) is 3.46. The van der Waals surface area contributed by atoms with Gasteiger partial charge in [0.25, 0.3) is 5.56 Å². The summed E-state index contributed by atoms with van der Waals surface area (Å²) in [6, 6.07) is 8.60. The smallest absolute Gasteiger partial charge is 0.341 e. The zero-order valence-corrected chi connectivity index (χ0v) is 10.3. The van der Waals surface area contributed by atoms with E-state index in [-0.39, 0.29) is 17.9 Å². The number of carbonyl (C=O) groups is 1. The van der Waals surface area contributed by atoms with E-state index in [1.165, 1.54) is 22.8 Å². The van der Waals surface area contributed by atoms with E-state index in [1.807, 2.05) is 0 Å². The van der Waals surface area contributed by atoms with Gasteiger partial charge in [0.1, 0.15) is 11.4 Å². The summed E-state index contributed by atoms with van der Waals surface area (Å²) in [6.07, 6.45) is 0.